The van der Waals surface area contributed by atoms with E-state index < -0.39 is 6.04 Å². The molecule has 31 heavy (non-hydrogen) atoms. The molecule has 1 aliphatic rings. The molecule has 3 rings (SSSR count). The maximum Gasteiger partial charge on any atom is 0.242 e. The predicted molar refractivity (Wildman–Crippen MR) is 128 cm³/mol. The Morgan fingerprint density at radius 1 is 1.03 bits per heavy atom. The number of hydrogen-bond donors (Lipinski definition) is 1. The zero-order chi connectivity index (χ0) is 22.1. The van der Waals surface area contributed by atoms with Gasteiger partial charge in [-0.25, -0.2) is 0 Å². The van der Waals surface area contributed by atoms with Crippen molar-refractivity contribution in [2.24, 2.45) is 0 Å². The molecular weight excluding hydrogens is 404 g/mol. The van der Waals surface area contributed by atoms with Crippen LogP contribution in [0.25, 0.3) is 0 Å². The number of rotatable bonds is 9. The Bertz CT molecular complexity index is 849. The highest BCUT2D eigenvalue weighted by molar-refractivity contribution is 7.99. The van der Waals surface area contributed by atoms with Crippen molar-refractivity contribution in [2.75, 3.05) is 5.75 Å². The molecule has 0 aromatic heterocycles. The van der Waals surface area contributed by atoms with Crippen molar-refractivity contribution in [1.29, 1.82) is 0 Å². The van der Waals surface area contributed by atoms with E-state index in [1.165, 1.54) is 19.3 Å². The maximum absolute atomic E-state index is 13.2. The molecule has 1 unspecified atom stereocenters. The Morgan fingerprint density at radius 3 is 2.42 bits per heavy atom. The molecule has 0 aliphatic heterocycles. The van der Waals surface area contributed by atoms with Gasteiger partial charge in [0, 0.05) is 29.7 Å². The fraction of sp³-hybridized carbons (Fsp3) is 0.462. The number of benzene rings is 2. The average molecular weight is 439 g/mol. The topological polar surface area (TPSA) is 49.4 Å². The van der Waals surface area contributed by atoms with Crippen LogP contribution in [0, 0.1) is 6.92 Å². The summed E-state index contributed by atoms with van der Waals surface area (Å²) >= 11 is 1.68. The Hall–Kier alpha value is -2.27. The molecule has 0 radical (unpaired) electrons. The highest BCUT2D eigenvalue weighted by atomic mass is 32.2. The fourth-order valence-electron chi connectivity index (χ4n) is 4.04. The lowest BCUT2D eigenvalue weighted by molar-refractivity contribution is -0.140. The monoisotopic (exact) mass is 438 g/mol. The molecule has 166 valence electrons. The standard InChI is InChI=1S/C26H34N2O2S/c1-20-11-9-10-12-22(20)19-28(21(2)26(30)27-23-13-5-3-6-14-23)25(29)17-18-31-24-15-7-4-8-16-24/h4,7-12,15-16,21,23H,3,5-6,13-14,17-19H2,1-2H3,(H,27,30). The third-order valence-corrected chi connectivity index (χ3v) is 7.06. The summed E-state index contributed by atoms with van der Waals surface area (Å²) in [6.07, 6.45) is 6.07. The minimum absolute atomic E-state index is 0.0259. The number of aryl methyl sites for hydroxylation is 1. The smallest absolute Gasteiger partial charge is 0.242 e. The summed E-state index contributed by atoms with van der Waals surface area (Å²) < 4.78 is 0. The first kappa shape index (κ1) is 23.4. The summed E-state index contributed by atoms with van der Waals surface area (Å²) in [5.41, 5.74) is 2.22. The molecule has 1 aliphatic carbocycles. The summed E-state index contributed by atoms with van der Waals surface area (Å²) in [6, 6.07) is 18.0. The van der Waals surface area contributed by atoms with Gasteiger partial charge in [0.15, 0.2) is 0 Å². The second-order valence-electron chi connectivity index (χ2n) is 8.38. The van der Waals surface area contributed by atoms with Crippen LogP contribution >= 0.6 is 11.8 Å². The van der Waals surface area contributed by atoms with Gasteiger partial charge in [-0.05, 0) is 49.9 Å². The van der Waals surface area contributed by atoms with E-state index in [9.17, 15) is 9.59 Å². The van der Waals surface area contributed by atoms with E-state index in [4.69, 9.17) is 0 Å². The van der Waals surface area contributed by atoms with Gasteiger partial charge in [-0.15, -0.1) is 11.8 Å². The minimum atomic E-state index is -0.490. The Labute approximate surface area is 190 Å². The SMILES string of the molecule is Cc1ccccc1CN(C(=O)CCSc1ccccc1)C(C)C(=O)NC1CCCCC1. The molecular formula is C26H34N2O2S. The van der Waals surface area contributed by atoms with Crippen LogP contribution in [0.15, 0.2) is 59.5 Å². The predicted octanol–water partition coefficient (Wildman–Crippen LogP) is 5.34. The van der Waals surface area contributed by atoms with Crippen molar-refractivity contribution < 1.29 is 9.59 Å². The number of hydrogen-bond acceptors (Lipinski definition) is 3. The van der Waals surface area contributed by atoms with Gasteiger partial charge in [-0.1, -0.05) is 61.7 Å². The summed E-state index contributed by atoms with van der Waals surface area (Å²) in [7, 11) is 0. The van der Waals surface area contributed by atoms with Gasteiger partial charge in [-0.2, -0.15) is 0 Å². The van der Waals surface area contributed by atoms with Crippen LogP contribution < -0.4 is 5.32 Å². The molecule has 5 heteroatoms. The van der Waals surface area contributed by atoms with Crippen molar-refractivity contribution in [3.8, 4) is 0 Å². The van der Waals surface area contributed by atoms with Crippen molar-refractivity contribution in [2.45, 2.75) is 75.9 Å². The van der Waals surface area contributed by atoms with Gasteiger partial charge in [0.25, 0.3) is 0 Å². The molecule has 0 heterocycles. The molecule has 1 saturated carbocycles. The number of nitrogens with one attached hydrogen (secondary N) is 1. The van der Waals surface area contributed by atoms with E-state index in [2.05, 4.69) is 30.4 Å². The molecule has 2 aromatic rings. The number of carbonyl (C=O) groups is 2. The molecule has 2 aromatic carbocycles. The van der Waals surface area contributed by atoms with Gasteiger partial charge in [-0.3, -0.25) is 9.59 Å². The lowest BCUT2D eigenvalue weighted by atomic mass is 9.95. The second-order valence-corrected chi connectivity index (χ2v) is 9.55. The van der Waals surface area contributed by atoms with E-state index in [0.717, 1.165) is 28.9 Å². The number of nitrogens with zero attached hydrogens (tertiary/aromatic N) is 1. The summed E-state index contributed by atoms with van der Waals surface area (Å²) in [5.74, 6) is 0.687. The van der Waals surface area contributed by atoms with Gasteiger partial charge < -0.3 is 10.2 Å². The van der Waals surface area contributed by atoms with Crippen LogP contribution in [-0.4, -0.2) is 34.6 Å². The average Bonchev–Trinajstić information content (AvgIpc) is 2.79. The lowest BCUT2D eigenvalue weighted by Crippen LogP contribution is -2.50. The summed E-state index contributed by atoms with van der Waals surface area (Å²) in [5, 5.41) is 3.20. The molecule has 4 nitrogen and oxygen atoms in total. The quantitative estimate of drug-likeness (QED) is 0.537. The van der Waals surface area contributed by atoms with Crippen LogP contribution in [0.1, 0.15) is 56.6 Å². The zero-order valence-corrected chi connectivity index (χ0v) is 19.5. The minimum Gasteiger partial charge on any atom is -0.352 e. The van der Waals surface area contributed by atoms with E-state index in [1.54, 1.807) is 16.7 Å². The lowest BCUT2D eigenvalue weighted by Gasteiger charge is -2.31. The normalized spacial score (nSPS) is 15.3. The largest absolute Gasteiger partial charge is 0.352 e. The third-order valence-electron chi connectivity index (χ3n) is 6.05. The van der Waals surface area contributed by atoms with Crippen molar-refractivity contribution >= 4 is 23.6 Å². The molecule has 0 spiro atoms. The van der Waals surface area contributed by atoms with Gasteiger partial charge in [0.1, 0.15) is 6.04 Å². The van der Waals surface area contributed by atoms with Crippen molar-refractivity contribution in [3.63, 3.8) is 0 Å². The highest BCUT2D eigenvalue weighted by Gasteiger charge is 2.28. The van der Waals surface area contributed by atoms with Crippen LogP contribution in [0.3, 0.4) is 0 Å². The van der Waals surface area contributed by atoms with Gasteiger partial charge in [0.2, 0.25) is 11.8 Å². The first-order chi connectivity index (χ1) is 15.0. The van der Waals surface area contributed by atoms with Gasteiger partial charge >= 0.3 is 0 Å². The highest BCUT2D eigenvalue weighted by Crippen LogP contribution is 2.21. The summed E-state index contributed by atoms with van der Waals surface area (Å²) in [4.78, 5) is 29.1. The number of amides is 2. The molecule has 1 fully saturated rings. The summed E-state index contributed by atoms with van der Waals surface area (Å²) in [6.45, 7) is 4.37. The Morgan fingerprint density at radius 2 is 1.71 bits per heavy atom. The zero-order valence-electron chi connectivity index (χ0n) is 18.7. The first-order valence-electron chi connectivity index (χ1n) is 11.4. The van der Waals surface area contributed by atoms with Gasteiger partial charge in [0.05, 0.1) is 0 Å². The number of carbonyl (C=O) groups excluding carboxylic acids is 2. The fourth-order valence-corrected chi connectivity index (χ4v) is 4.90. The van der Waals surface area contributed by atoms with Crippen molar-refractivity contribution in [1.82, 2.24) is 10.2 Å². The van der Waals surface area contributed by atoms with Crippen LogP contribution in [0.2, 0.25) is 0 Å². The van der Waals surface area contributed by atoms with Crippen LogP contribution in [-0.2, 0) is 16.1 Å². The van der Waals surface area contributed by atoms with Crippen LogP contribution in [0.4, 0.5) is 0 Å². The molecule has 2 amide bonds. The first-order valence-corrected chi connectivity index (χ1v) is 12.4. The third kappa shape index (κ3) is 7.13. The molecule has 1 atom stereocenters. The molecule has 1 N–H and O–H groups in total. The number of thioether (sulfide) groups is 1. The maximum atomic E-state index is 13.2. The second kappa shape index (κ2) is 11.9. The van der Waals surface area contributed by atoms with Crippen LogP contribution in [0.5, 0.6) is 0 Å². The molecule has 0 bridgehead atoms. The Balaban J connectivity index is 1.66. The van der Waals surface area contributed by atoms with Crippen molar-refractivity contribution in [3.05, 3.63) is 65.7 Å². The van der Waals surface area contributed by atoms with E-state index in [-0.39, 0.29) is 17.9 Å². The van der Waals surface area contributed by atoms with E-state index >= 15 is 0 Å². The van der Waals surface area contributed by atoms with E-state index in [1.807, 2.05) is 43.3 Å². The molecule has 0 saturated heterocycles. The van der Waals surface area contributed by atoms with E-state index in [0.29, 0.717) is 18.7 Å². The Kier molecular flexibility index (Phi) is 9.01.